The summed E-state index contributed by atoms with van der Waals surface area (Å²) in [6.45, 7) is 1.54. The number of hydrogen-bond acceptors (Lipinski definition) is 3. The molecule has 1 aliphatic heterocycles. The van der Waals surface area contributed by atoms with Gasteiger partial charge in [0.1, 0.15) is 12.1 Å². The number of nitrogens with one attached hydrogen (secondary N) is 1. The Labute approximate surface area is 152 Å². The second-order valence-corrected chi connectivity index (χ2v) is 6.23. The number of amides is 4. The van der Waals surface area contributed by atoms with Crippen molar-refractivity contribution in [2.24, 2.45) is 0 Å². The van der Waals surface area contributed by atoms with Crippen molar-refractivity contribution in [1.29, 1.82) is 0 Å². The second-order valence-electron chi connectivity index (χ2n) is 6.23. The molecule has 0 spiro atoms. The molecule has 1 aliphatic rings. The van der Waals surface area contributed by atoms with E-state index in [-0.39, 0.29) is 12.5 Å². The summed E-state index contributed by atoms with van der Waals surface area (Å²) in [4.78, 5) is 40.5. The van der Waals surface area contributed by atoms with E-state index in [0.29, 0.717) is 17.7 Å². The molecule has 1 atom stereocenters. The smallest absolute Gasteiger partial charge is 0.319 e. The van der Waals surface area contributed by atoms with Crippen LogP contribution in [0.4, 0.5) is 10.5 Å². The molecule has 6 nitrogen and oxygen atoms in total. The topological polar surface area (TPSA) is 69.7 Å². The van der Waals surface area contributed by atoms with Gasteiger partial charge in [0.15, 0.2) is 0 Å². The number of carbonyl (C=O) groups is 3. The zero-order valence-electron chi connectivity index (χ0n) is 14.8. The number of anilines is 1. The van der Waals surface area contributed by atoms with Crippen LogP contribution in [-0.2, 0) is 15.1 Å². The minimum Gasteiger partial charge on any atom is -0.319 e. The molecule has 1 unspecified atom stereocenters. The van der Waals surface area contributed by atoms with Gasteiger partial charge < -0.3 is 10.2 Å². The van der Waals surface area contributed by atoms with E-state index in [1.165, 1.54) is 4.90 Å². The summed E-state index contributed by atoms with van der Waals surface area (Å²) in [5.74, 6) is -0.731. The lowest BCUT2D eigenvalue weighted by Crippen LogP contribution is -2.45. The van der Waals surface area contributed by atoms with E-state index in [1.54, 1.807) is 19.2 Å². The van der Waals surface area contributed by atoms with Gasteiger partial charge in [0.2, 0.25) is 5.91 Å². The number of imide groups is 1. The van der Waals surface area contributed by atoms with Crippen LogP contribution in [0.15, 0.2) is 60.7 Å². The van der Waals surface area contributed by atoms with Crippen LogP contribution < -0.4 is 10.2 Å². The molecule has 1 fully saturated rings. The van der Waals surface area contributed by atoms with Gasteiger partial charge in [0.05, 0.1) is 0 Å². The molecule has 0 aliphatic carbocycles. The maximum atomic E-state index is 13.0. The van der Waals surface area contributed by atoms with Gasteiger partial charge >= 0.3 is 6.03 Å². The normalized spacial score (nSPS) is 19.4. The molecule has 1 saturated heterocycles. The summed E-state index contributed by atoms with van der Waals surface area (Å²) < 4.78 is 0. The van der Waals surface area contributed by atoms with Crippen LogP contribution in [0.3, 0.4) is 0 Å². The van der Waals surface area contributed by atoms with E-state index in [2.05, 4.69) is 5.32 Å². The predicted molar refractivity (Wildman–Crippen MR) is 98.5 cm³/mol. The molecule has 0 radical (unpaired) electrons. The Bertz CT molecular complexity index is 823. The van der Waals surface area contributed by atoms with Crippen molar-refractivity contribution in [1.82, 2.24) is 10.2 Å². The number of benzene rings is 2. The molecule has 2 aromatic carbocycles. The number of urea groups is 1. The predicted octanol–water partition coefficient (Wildman–Crippen LogP) is 2.51. The highest BCUT2D eigenvalue weighted by molar-refractivity contribution is 6.10. The maximum absolute atomic E-state index is 13.0. The number of carbonyl (C=O) groups excluding carboxylic acids is 3. The van der Waals surface area contributed by atoms with Crippen molar-refractivity contribution in [2.45, 2.75) is 18.9 Å². The van der Waals surface area contributed by atoms with Gasteiger partial charge in [-0.15, -0.1) is 0 Å². The third-order valence-corrected chi connectivity index (χ3v) is 4.78. The highest BCUT2D eigenvalue weighted by Crippen LogP contribution is 2.32. The van der Waals surface area contributed by atoms with Gasteiger partial charge in [-0.3, -0.25) is 14.5 Å². The van der Waals surface area contributed by atoms with Gasteiger partial charge in [0, 0.05) is 12.7 Å². The highest BCUT2D eigenvalue weighted by Gasteiger charge is 2.51. The Morgan fingerprint density at radius 3 is 2.19 bits per heavy atom. The molecule has 1 N–H and O–H groups in total. The molecule has 26 heavy (non-hydrogen) atoms. The average molecular weight is 351 g/mol. The first-order valence-electron chi connectivity index (χ1n) is 8.51. The van der Waals surface area contributed by atoms with Crippen molar-refractivity contribution in [3.63, 3.8) is 0 Å². The van der Waals surface area contributed by atoms with Crippen LogP contribution >= 0.6 is 0 Å². The third kappa shape index (κ3) is 2.94. The maximum Gasteiger partial charge on any atom is 0.325 e. The van der Waals surface area contributed by atoms with Crippen LogP contribution in [0.2, 0.25) is 0 Å². The molecule has 0 bridgehead atoms. The highest BCUT2D eigenvalue weighted by atomic mass is 16.2. The van der Waals surface area contributed by atoms with Gasteiger partial charge in [-0.05, 0) is 24.1 Å². The lowest BCUT2D eigenvalue weighted by Gasteiger charge is -2.26. The molecule has 6 heteroatoms. The molecule has 2 aromatic rings. The number of para-hydroxylation sites is 1. The van der Waals surface area contributed by atoms with Gasteiger partial charge in [-0.1, -0.05) is 55.5 Å². The monoisotopic (exact) mass is 351 g/mol. The number of hydrogen-bond donors (Lipinski definition) is 1. The molecule has 3 rings (SSSR count). The Balaban J connectivity index is 1.82. The van der Waals surface area contributed by atoms with Crippen molar-refractivity contribution >= 4 is 23.5 Å². The zero-order valence-corrected chi connectivity index (χ0v) is 14.8. The molecule has 134 valence electrons. The second kappa shape index (κ2) is 7.00. The fourth-order valence-electron chi connectivity index (χ4n) is 3.17. The average Bonchev–Trinajstić information content (AvgIpc) is 2.93. The summed E-state index contributed by atoms with van der Waals surface area (Å²) in [6, 6.07) is 17.7. The van der Waals surface area contributed by atoms with Crippen LogP contribution in [0.5, 0.6) is 0 Å². The quantitative estimate of drug-likeness (QED) is 0.842. The van der Waals surface area contributed by atoms with Gasteiger partial charge in [0.25, 0.3) is 5.91 Å². The molecule has 0 saturated carbocycles. The first-order valence-corrected chi connectivity index (χ1v) is 8.51. The van der Waals surface area contributed by atoms with Crippen molar-refractivity contribution in [2.75, 3.05) is 18.5 Å². The van der Waals surface area contributed by atoms with E-state index >= 15 is 0 Å². The summed E-state index contributed by atoms with van der Waals surface area (Å²) >= 11 is 0. The van der Waals surface area contributed by atoms with Gasteiger partial charge in [-0.25, -0.2) is 4.79 Å². The first kappa shape index (κ1) is 17.7. The van der Waals surface area contributed by atoms with Crippen molar-refractivity contribution < 1.29 is 14.4 Å². The fraction of sp³-hybridized carbons (Fsp3) is 0.250. The lowest BCUT2D eigenvalue weighted by atomic mass is 9.87. The number of likely N-dealkylation sites (N-methyl/N-ethyl adjacent to an activating group) is 1. The van der Waals surface area contributed by atoms with Crippen LogP contribution in [0, 0.1) is 0 Å². The minimum atomic E-state index is -1.12. The summed E-state index contributed by atoms with van der Waals surface area (Å²) in [5, 5.41) is 2.78. The molecule has 1 heterocycles. The first-order chi connectivity index (χ1) is 12.5. The largest absolute Gasteiger partial charge is 0.325 e. The summed E-state index contributed by atoms with van der Waals surface area (Å²) in [5.41, 5.74) is 0.297. The van der Waals surface area contributed by atoms with Crippen molar-refractivity contribution in [3.8, 4) is 0 Å². The standard InChI is InChI=1S/C20H21N3O3/c1-3-20(15-10-6-4-7-11-15)18(25)23(19(26)21-20)14-17(24)22(2)16-12-8-5-9-13-16/h4-13H,3,14H2,1-2H3,(H,21,26). The molecular formula is C20H21N3O3. The Kier molecular flexibility index (Phi) is 4.75. The molecule has 4 amide bonds. The fourth-order valence-corrected chi connectivity index (χ4v) is 3.17. The van der Waals surface area contributed by atoms with E-state index in [0.717, 1.165) is 4.90 Å². The Morgan fingerprint density at radius 1 is 1.04 bits per heavy atom. The molecular weight excluding hydrogens is 330 g/mol. The third-order valence-electron chi connectivity index (χ3n) is 4.78. The Morgan fingerprint density at radius 2 is 1.62 bits per heavy atom. The van der Waals surface area contributed by atoms with Crippen molar-refractivity contribution in [3.05, 3.63) is 66.2 Å². The lowest BCUT2D eigenvalue weighted by molar-refractivity contribution is -0.134. The molecule has 0 aromatic heterocycles. The van der Waals surface area contributed by atoms with Gasteiger partial charge in [-0.2, -0.15) is 0 Å². The Hall–Kier alpha value is -3.15. The van der Waals surface area contributed by atoms with Crippen LogP contribution in [0.25, 0.3) is 0 Å². The van der Waals surface area contributed by atoms with E-state index < -0.39 is 17.5 Å². The van der Waals surface area contributed by atoms with Crippen LogP contribution in [0.1, 0.15) is 18.9 Å². The zero-order chi connectivity index (χ0) is 18.7. The van der Waals surface area contributed by atoms with E-state index in [9.17, 15) is 14.4 Å². The minimum absolute atomic E-state index is 0.301. The number of rotatable bonds is 5. The van der Waals surface area contributed by atoms with E-state index in [1.807, 2.05) is 55.5 Å². The SMILES string of the molecule is CCC1(c2ccccc2)NC(=O)N(CC(=O)N(C)c2ccccc2)C1=O. The number of nitrogens with zero attached hydrogens (tertiary/aromatic N) is 2. The van der Waals surface area contributed by atoms with Crippen LogP contribution in [-0.4, -0.2) is 36.3 Å². The van der Waals surface area contributed by atoms with E-state index in [4.69, 9.17) is 0 Å². The summed E-state index contributed by atoms with van der Waals surface area (Å²) in [7, 11) is 1.63. The summed E-state index contributed by atoms with van der Waals surface area (Å²) in [6.07, 6.45) is 0.404.